The fraction of sp³-hybridized carbons (Fsp3) is 0.217. The van der Waals surface area contributed by atoms with E-state index in [2.05, 4.69) is 45.1 Å². The van der Waals surface area contributed by atoms with Crippen LogP contribution in [-0.4, -0.2) is 33.2 Å². The summed E-state index contributed by atoms with van der Waals surface area (Å²) in [6.45, 7) is 0. The number of benzene rings is 2. The Kier molecular flexibility index (Phi) is 5.14. The second kappa shape index (κ2) is 7.51. The van der Waals surface area contributed by atoms with Gasteiger partial charge in [-0.2, -0.15) is 5.26 Å². The summed E-state index contributed by atoms with van der Waals surface area (Å²) in [7, 11) is 8.04. The van der Waals surface area contributed by atoms with Crippen LogP contribution >= 0.6 is 0 Å². The first-order chi connectivity index (χ1) is 13.0. The van der Waals surface area contributed by atoms with Crippen LogP contribution in [-0.2, 0) is 5.41 Å². The predicted molar refractivity (Wildman–Crippen MR) is 111 cm³/mol. The lowest BCUT2D eigenvalue weighted by Crippen LogP contribution is -2.27. The number of rotatable bonds is 5. The maximum Gasteiger partial charge on any atom is 0.132 e. The van der Waals surface area contributed by atoms with Crippen LogP contribution in [0.5, 0.6) is 0 Å². The molecule has 3 aromatic rings. The molecule has 0 bridgehead atoms. The molecular weight excluding hydrogens is 332 g/mol. The van der Waals surface area contributed by atoms with E-state index in [0.29, 0.717) is 0 Å². The molecule has 1 aromatic heterocycles. The first kappa shape index (κ1) is 18.5. The molecule has 0 spiro atoms. The van der Waals surface area contributed by atoms with Gasteiger partial charge in [0.05, 0.1) is 6.07 Å². The number of hydrogen-bond acceptors (Lipinski definition) is 4. The number of anilines is 2. The quantitative estimate of drug-likeness (QED) is 0.691. The van der Waals surface area contributed by atoms with Crippen LogP contribution in [0.25, 0.3) is 0 Å². The summed E-state index contributed by atoms with van der Waals surface area (Å²) >= 11 is 0. The van der Waals surface area contributed by atoms with E-state index in [0.717, 1.165) is 28.1 Å². The zero-order valence-corrected chi connectivity index (χ0v) is 16.2. The van der Waals surface area contributed by atoms with Crippen molar-refractivity contribution < 1.29 is 0 Å². The van der Waals surface area contributed by atoms with E-state index in [4.69, 9.17) is 0 Å². The Hall–Kier alpha value is -3.32. The molecule has 0 saturated heterocycles. The average Bonchev–Trinajstić information content (AvgIpc) is 2.70. The summed E-state index contributed by atoms with van der Waals surface area (Å²) in [6.07, 6.45) is 3.48. The minimum atomic E-state index is -0.890. The van der Waals surface area contributed by atoms with Gasteiger partial charge in [-0.1, -0.05) is 24.3 Å². The molecule has 2 aromatic carbocycles. The number of nitrogens with zero attached hydrogens (tertiary/aromatic N) is 4. The Labute approximate surface area is 161 Å². The van der Waals surface area contributed by atoms with Crippen LogP contribution in [0, 0.1) is 11.3 Å². The molecule has 136 valence electrons. The Bertz CT molecular complexity index is 869. The van der Waals surface area contributed by atoms with Gasteiger partial charge >= 0.3 is 0 Å². The van der Waals surface area contributed by atoms with Gasteiger partial charge in [-0.25, -0.2) is 0 Å². The fourth-order valence-electron chi connectivity index (χ4n) is 3.31. The van der Waals surface area contributed by atoms with E-state index in [1.807, 2.05) is 64.6 Å². The molecule has 0 fully saturated rings. The van der Waals surface area contributed by atoms with E-state index in [1.54, 1.807) is 12.4 Å². The van der Waals surface area contributed by atoms with Gasteiger partial charge in [-0.3, -0.25) is 4.98 Å². The number of nitriles is 1. The summed E-state index contributed by atoms with van der Waals surface area (Å²) in [4.78, 5) is 8.24. The van der Waals surface area contributed by atoms with Crippen molar-refractivity contribution in [3.63, 3.8) is 0 Å². The molecule has 0 N–H and O–H groups in total. The van der Waals surface area contributed by atoms with Gasteiger partial charge in [-0.15, -0.1) is 0 Å². The summed E-state index contributed by atoms with van der Waals surface area (Å²) in [5.74, 6) is 0. The van der Waals surface area contributed by atoms with Crippen LogP contribution in [0.2, 0.25) is 0 Å². The molecule has 0 aliphatic carbocycles. The van der Waals surface area contributed by atoms with Crippen LogP contribution < -0.4 is 9.80 Å². The van der Waals surface area contributed by atoms with Crippen LogP contribution in [0.15, 0.2) is 73.1 Å². The second-order valence-corrected chi connectivity index (χ2v) is 6.98. The lowest BCUT2D eigenvalue weighted by molar-refractivity contribution is 0.792. The standard InChI is InChI=1S/C23H24N4/c1-26(2)21-9-5-18(6-10-21)23(17-24,20-13-15-25-16-14-20)19-7-11-22(12-8-19)27(3)4/h5-16H,1-4H3. The number of pyridine rings is 1. The van der Waals surface area contributed by atoms with Crippen molar-refractivity contribution in [3.8, 4) is 6.07 Å². The smallest absolute Gasteiger partial charge is 0.132 e. The topological polar surface area (TPSA) is 43.2 Å². The highest BCUT2D eigenvalue weighted by Crippen LogP contribution is 2.39. The van der Waals surface area contributed by atoms with Crippen molar-refractivity contribution in [3.05, 3.63) is 89.7 Å². The minimum absolute atomic E-state index is 0.890. The number of hydrogen-bond donors (Lipinski definition) is 0. The third kappa shape index (κ3) is 3.37. The van der Waals surface area contributed by atoms with Crippen molar-refractivity contribution in [1.82, 2.24) is 4.98 Å². The molecule has 0 unspecified atom stereocenters. The summed E-state index contributed by atoms with van der Waals surface area (Å²) in [5, 5.41) is 10.4. The monoisotopic (exact) mass is 356 g/mol. The SMILES string of the molecule is CN(C)c1ccc(C(C#N)(c2ccncc2)c2ccc(N(C)C)cc2)cc1. The van der Waals surface area contributed by atoms with Gasteiger partial charge < -0.3 is 9.80 Å². The molecule has 4 heteroatoms. The normalized spacial score (nSPS) is 10.9. The van der Waals surface area contributed by atoms with Gasteiger partial charge in [0.1, 0.15) is 5.41 Å². The maximum absolute atomic E-state index is 10.4. The van der Waals surface area contributed by atoms with Crippen molar-refractivity contribution in [2.24, 2.45) is 0 Å². The molecule has 0 atom stereocenters. The molecular formula is C23H24N4. The Morgan fingerprint density at radius 3 is 1.37 bits per heavy atom. The van der Waals surface area contributed by atoms with Crippen molar-refractivity contribution in [2.45, 2.75) is 5.41 Å². The first-order valence-electron chi connectivity index (χ1n) is 8.86. The zero-order chi connectivity index (χ0) is 19.4. The van der Waals surface area contributed by atoms with Crippen molar-refractivity contribution in [1.29, 1.82) is 5.26 Å². The highest BCUT2D eigenvalue weighted by molar-refractivity contribution is 5.60. The summed E-state index contributed by atoms with van der Waals surface area (Å²) < 4.78 is 0. The third-order valence-electron chi connectivity index (χ3n) is 4.91. The highest BCUT2D eigenvalue weighted by Gasteiger charge is 2.36. The Morgan fingerprint density at radius 2 is 1.04 bits per heavy atom. The molecule has 27 heavy (non-hydrogen) atoms. The molecule has 0 saturated carbocycles. The Balaban J connectivity index is 2.22. The van der Waals surface area contributed by atoms with E-state index in [1.165, 1.54) is 0 Å². The van der Waals surface area contributed by atoms with Gasteiger partial charge in [0.15, 0.2) is 0 Å². The zero-order valence-electron chi connectivity index (χ0n) is 16.2. The van der Waals surface area contributed by atoms with Crippen LogP contribution in [0.4, 0.5) is 11.4 Å². The minimum Gasteiger partial charge on any atom is -0.378 e. The summed E-state index contributed by atoms with van der Waals surface area (Å²) in [6, 6.07) is 22.8. The second-order valence-electron chi connectivity index (χ2n) is 6.98. The molecule has 0 aliphatic heterocycles. The molecule has 0 radical (unpaired) electrons. The fourth-order valence-corrected chi connectivity index (χ4v) is 3.31. The third-order valence-corrected chi connectivity index (χ3v) is 4.91. The largest absolute Gasteiger partial charge is 0.378 e. The Morgan fingerprint density at radius 1 is 0.667 bits per heavy atom. The maximum atomic E-state index is 10.4. The van der Waals surface area contributed by atoms with E-state index in [9.17, 15) is 5.26 Å². The lowest BCUT2D eigenvalue weighted by atomic mass is 9.71. The molecule has 0 amide bonds. The van der Waals surface area contributed by atoms with E-state index >= 15 is 0 Å². The van der Waals surface area contributed by atoms with E-state index < -0.39 is 5.41 Å². The molecule has 0 aliphatic rings. The number of aromatic nitrogens is 1. The van der Waals surface area contributed by atoms with Gasteiger partial charge in [0.25, 0.3) is 0 Å². The van der Waals surface area contributed by atoms with Crippen LogP contribution in [0.1, 0.15) is 16.7 Å². The highest BCUT2D eigenvalue weighted by atomic mass is 15.1. The van der Waals surface area contributed by atoms with Crippen LogP contribution in [0.3, 0.4) is 0 Å². The van der Waals surface area contributed by atoms with Gasteiger partial charge in [0.2, 0.25) is 0 Å². The predicted octanol–water partition coefficient (Wildman–Crippen LogP) is 4.07. The molecule has 4 nitrogen and oxygen atoms in total. The van der Waals surface area contributed by atoms with Gasteiger partial charge in [0, 0.05) is 52.0 Å². The summed E-state index contributed by atoms with van der Waals surface area (Å²) in [5.41, 5.74) is 4.11. The van der Waals surface area contributed by atoms with Crippen molar-refractivity contribution in [2.75, 3.05) is 38.0 Å². The van der Waals surface area contributed by atoms with Gasteiger partial charge in [-0.05, 0) is 53.1 Å². The molecule has 3 rings (SSSR count). The molecule has 1 heterocycles. The average molecular weight is 356 g/mol. The lowest BCUT2D eigenvalue weighted by Gasteiger charge is -2.29. The first-order valence-corrected chi connectivity index (χ1v) is 8.86. The van der Waals surface area contributed by atoms with E-state index in [-0.39, 0.29) is 0 Å². The van der Waals surface area contributed by atoms with Crippen molar-refractivity contribution >= 4 is 11.4 Å².